The van der Waals surface area contributed by atoms with E-state index in [0.29, 0.717) is 11.6 Å². The van der Waals surface area contributed by atoms with Crippen LogP contribution in [0, 0.1) is 6.92 Å². The molecule has 3 N–H and O–H groups in total. The van der Waals surface area contributed by atoms with E-state index in [4.69, 9.17) is 10.3 Å². The number of nitrogens with one attached hydrogen (secondary N) is 1. The molecular weight excluding hydrogens is 296 g/mol. The van der Waals surface area contributed by atoms with Gasteiger partial charge in [0.05, 0.1) is 12.5 Å². The Hall–Kier alpha value is -2.67. The van der Waals surface area contributed by atoms with E-state index in [9.17, 15) is 9.59 Å². The summed E-state index contributed by atoms with van der Waals surface area (Å²) in [6.45, 7) is 1.81. The van der Waals surface area contributed by atoms with Crippen LogP contribution in [0.5, 0.6) is 0 Å². The van der Waals surface area contributed by atoms with Crippen molar-refractivity contribution in [1.82, 2.24) is 10.1 Å². The highest BCUT2D eigenvalue weighted by atomic mass is 16.5. The molecule has 0 aliphatic heterocycles. The third-order valence-corrected chi connectivity index (χ3v) is 3.39. The van der Waals surface area contributed by atoms with Crippen LogP contribution in [0.2, 0.25) is 0 Å². The summed E-state index contributed by atoms with van der Waals surface area (Å²) in [4.78, 5) is 25.8. The van der Waals surface area contributed by atoms with Gasteiger partial charge in [0.25, 0.3) is 0 Å². The fourth-order valence-corrected chi connectivity index (χ4v) is 2.23. The maximum atomic E-state index is 12.5. The molecule has 7 heteroatoms. The summed E-state index contributed by atoms with van der Waals surface area (Å²) >= 11 is 0. The van der Waals surface area contributed by atoms with Crippen LogP contribution < -0.4 is 11.1 Å². The number of aromatic nitrogens is 1. The molecule has 1 heterocycles. The first-order valence-electron chi connectivity index (χ1n) is 7.24. The fraction of sp³-hybridized carbons (Fsp3) is 0.312. The molecule has 0 saturated carbocycles. The molecule has 0 fully saturated rings. The zero-order chi connectivity index (χ0) is 16.8. The van der Waals surface area contributed by atoms with Gasteiger partial charge in [-0.25, -0.2) is 0 Å². The summed E-state index contributed by atoms with van der Waals surface area (Å²) in [7, 11) is 1.57. The average molecular weight is 316 g/mol. The largest absolute Gasteiger partial charge is 0.360 e. The lowest BCUT2D eigenvalue weighted by Gasteiger charge is -2.22. The van der Waals surface area contributed by atoms with E-state index < -0.39 is 5.92 Å². The van der Waals surface area contributed by atoms with E-state index in [0.717, 1.165) is 5.56 Å². The summed E-state index contributed by atoms with van der Waals surface area (Å²) in [5, 5.41) is 6.25. The number of rotatable bonds is 6. The number of benzene rings is 1. The minimum absolute atomic E-state index is 0.0892. The van der Waals surface area contributed by atoms with Crippen molar-refractivity contribution in [3.63, 3.8) is 0 Å². The van der Waals surface area contributed by atoms with Crippen LogP contribution in [-0.4, -0.2) is 42.0 Å². The van der Waals surface area contributed by atoms with Gasteiger partial charge >= 0.3 is 0 Å². The Morgan fingerprint density at radius 1 is 1.35 bits per heavy atom. The molecule has 1 unspecified atom stereocenters. The number of nitrogens with two attached hydrogens (primary N) is 1. The SMILES string of the molecule is Cc1cc(NC(=O)CN(C)C(=O)C(CN)c2ccccc2)no1. The minimum atomic E-state index is -0.469. The van der Waals surface area contributed by atoms with Crippen molar-refractivity contribution in [3.8, 4) is 0 Å². The second-order valence-corrected chi connectivity index (χ2v) is 5.26. The highest BCUT2D eigenvalue weighted by molar-refractivity contribution is 5.94. The van der Waals surface area contributed by atoms with Crippen molar-refractivity contribution >= 4 is 17.6 Å². The number of carbonyl (C=O) groups excluding carboxylic acids is 2. The number of nitrogens with zero attached hydrogens (tertiary/aromatic N) is 2. The molecule has 0 bridgehead atoms. The van der Waals surface area contributed by atoms with E-state index in [1.165, 1.54) is 4.90 Å². The zero-order valence-electron chi connectivity index (χ0n) is 13.2. The van der Waals surface area contributed by atoms with Gasteiger partial charge in [-0.3, -0.25) is 9.59 Å². The van der Waals surface area contributed by atoms with Gasteiger partial charge in [-0.05, 0) is 12.5 Å². The standard InChI is InChI=1S/C16H20N4O3/c1-11-8-14(19-23-11)18-15(21)10-20(2)16(22)13(9-17)12-6-4-3-5-7-12/h3-8,13H,9-10,17H2,1-2H3,(H,18,19,21). The summed E-state index contributed by atoms with van der Waals surface area (Å²) in [6, 6.07) is 10.9. The van der Waals surface area contributed by atoms with Gasteiger partial charge in [-0.15, -0.1) is 0 Å². The molecule has 0 aliphatic carbocycles. The third kappa shape index (κ3) is 4.40. The maximum Gasteiger partial charge on any atom is 0.245 e. The molecular formula is C16H20N4O3. The van der Waals surface area contributed by atoms with E-state index >= 15 is 0 Å². The summed E-state index contributed by atoms with van der Waals surface area (Å²) in [6.07, 6.45) is 0. The van der Waals surface area contributed by atoms with Gasteiger partial charge in [0.2, 0.25) is 11.8 Å². The van der Waals surface area contributed by atoms with Crippen molar-refractivity contribution in [1.29, 1.82) is 0 Å². The summed E-state index contributed by atoms with van der Waals surface area (Å²) < 4.78 is 4.87. The Kier molecular flexibility index (Phi) is 5.48. The molecule has 7 nitrogen and oxygen atoms in total. The molecule has 1 aromatic carbocycles. The highest BCUT2D eigenvalue weighted by Gasteiger charge is 2.23. The molecule has 1 atom stereocenters. The normalized spacial score (nSPS) is 11.8. The van der Waals surface area contributed by atoms with Gasteiger partial charge in [-0.1, -0.05) is 35.5 Å². The number of hydrogen-bond donors (Lipinski definition) is 2. The van der Waals surface area contributed by atoms with Crippen LogP contribution in [0.4, 0.5) is 5.82 Å². The molecule has 2 aromatic rings. The van der Waals surface area contributed by atoms with E-state index in [-0.39, 0.29) is 24.9 Å². The maximum absolute atomic E-state index is 12.5. The lowest BCUT2D eigenvalue weighted by atomic mass is 9.98. The van der Waals surface area contributed by atoms with Crippen LogP contribution in [0.1, 0.15) is 17.2 Å². The topological polar surface area (TPSA) is 101 Å². The van der Waals surface area contributed by atoms with Crippen molar-refractivity contribution in [2.24, 2.45) is 5.73 Å². The Balaban J connectivity index is 1.97. The molecule has 2 amide bonds. The van der Waals surface area contributed by atoms with E-state index in [1.54, 1.807) is 20.0 Å². The predicted molar refractivity (Wildman–Crippen MR) is 85.7 cm³/mol. The molecule has 23 heavy (non-hydrogen) atoms. The second-order valence-electron chi connectivity index (χ2n) is 5.26. The van der Waals surface area contributed by atoms with Gasteiger partial charge < -0.3 is 20.5 Å². The molecule has 1 aromatic heterocycles. The van der Waals surface area contributed by atoms with Crippen molar-refractivity contribution in [2.75, 3.05) is 25.5 Å². The number of carbonyl (C=O) groups is 2. The Labute approximate surface area is 134 Å². The minimum Gasteiger partial charge on any atom is -0.360 e. The average Bonchev–Trinajstić information content (AvgIpc) is 2.93. The first kappa shape index (κ1) is 16.7. The summed E-state index contributed by atoms with van der Waals surface area (Å²) in [5.41, 5.74) is 6.56. The van der Waals surface area contributed by atoms with Crippen LogP contribution in [0.25, 0.3) is 0 Å². The number of aryl methyl sites for hydroxylation is 1. The fourth-order valence-electron chi connectivity index (χ4n) is 2.23. The quantitative estimate of drug-likeness (QED) is 0.831. The second kappa shape index (κ2) is 7.55. The van der Waals surface area contributed by atoms with Crippen LogP contribution >= 0.6 is 0 Å². The molecule has 0 radical (unpaired) electrons. The highest BCUT2D eigenvalue weighted by Crippen LogP contribution is 2.16. The van der Waals surface area contributed by atoms with Crippen molar-refractivity contribution < 1.29 is 14.1 Å². The van der Waals surface area contributed by atoms with Gasteiger partial charge in [0.1, 0.15) is 5.76 Å². The lowest BCUT2D eigenvalue weighted by molar-refractivity contribution is -0.134. The smallest absolute Gasteiger partial charge is 0.245 e. The molecule has 122 valence electrons. The number of anilines is 1. The van der Waals surface area contributed by atoms with E-state index in [2.05, 4.69) is 10.5 Å². The van der Waals surface area contributed by atoms with Crippen molar-refractivity contribution in [2.45, 2.75) is 12.8 Å². The summed E-state index contributed by atoms with van der Waals surface area (Å²) in [5.74, 6) is -0.102. The number of amides is 2. The Morgan fingerprint density at radius 2 is 2.04 bits per heavy atom. The predicted octanol–water partition coefficient (Wildman–Crippen LogP) is 1.12. The lowest BCUT2D eigenvalue weighted by Crippen LogP contribution is -2.39. The van der Waals surface area contributed by atoms with Crippen LogP contribution in [-0.2, 0) is 9.59 Å². The zero-order valence-corrected chi connectivity index (χ0v) is 13.2. The van der Waals surface area contributed by atoms with E-state index in [1.807, 2.05) is 30.3 Å². The molecule has 0 aliphatic rings. The molecule has 0 spiro atoms. The van der Waals surface area contributed by atoms with Crippen LogP contribution in [0.3, 0.4) is 0 Å². The third-order valence-electron chi connectivity index (χ3n) is 3.39. The van der Waals surface area contributed by atoms with Crippen LogP contribution in [0.15, 0.2) is 40.9 Å². The first-order chi connectivity index (χ1) is 11.0. The first-order valence-corrected chi connectivity index (χ1v) is 7.24. The van der Waals surface area contributed by atoms with Gasteiger partial charge in [0, 0.05) is 19.7 Å². The van der Waals surface area contributed by atoms with Gasteiger partial charge in [0.15, 0.2) is 5.82 Å². The molecule has 2 rings (SSSR count). The Bertz CT molecular complexity index is 669. The monoisotopic (exact) mass is 316 g/mol. The number of hydrogen-bond acceptors (Lipinski definition) is 5. The number of likely N-dealkylation sites (N-methyl/N-ethyl adjacent to an activating group) is 1. The molecule has 0 saturated heterocycles. The van der Waals surface area contributed by atoms with Gasteiger partial charge in [-0.2, -0.15) is 0 Å². The van der Waals surface area contributed by atoms with Crippen molar-refractivity contribution in [3.05, 3.63) is 47.7 Å². The Morgan fingerprint density at radius 3 is 2.61 bits per heavy atom.